The molecule has 0 aliphatic heterocycles. The molecule has 0 atom stereocenters. The van der Waals surface area contributed by atoms with Crippen molar-refractivity contribution in [1.29, 1.82) is 0 Å². The Morgan fingerprint density at radius 3 is 2.67 bits per heavy atom. The minimum absolute atomic E-state index is 0.113. The van der Waals surface area contributed by atoms with Gasteiger partial charge in [0.05, 0.1) is 5.56 Å². The molecule has 10 heteroatoms. The number of hydrogen-bond acceptors (Lipinski definition) is 6. The van der Waals surface area contributed by atoms with Crippen LogP contribution in [0.1, 0.15) is 16.1 Å². The smallest absolute Gasteiger partial charge is 0.368 e. The van der Waals surface area contributed by atoms with Crippen molar-refractivity contribution < 1.29 is 22.5 Å². The summed E-state index contributed by atoms with van der Waals surface area (Å²) in [6.07, 6.45) is -0.475. The molecule has 7 nitrogen and oxygen atoms in total. The van der Waals surface area contributed by atoms with Crippen molar-refractivity contribution >= 4 is 11.7 Å². The fourth-order valence-electron chi connectivity index (χ4n) is 2.15. The molecule has 0 aromatic carbocycles. The van der Waals surface area contributed by atoms with Gasteiger partial charge >= 0.3 is 6.18 Å². The number of carbonyl (C=O) groups is 1. The molecule has 1 amide bonds. The molecule has 27 heavy (non-hydrogen) atoms. The van der Waals surface area contributed by atoms with Crippen molar-refractivity contribution in [3.05, 3.63) is 60.2 Å². The molecule has 0 radical (unpaired) electrons. The van der Waals surface area contributed by atoms with Gasteiger partial charge in [0, 0.05) is 43.3 Å². The van der Waals surface area contributed by atoms with Gasteiger partial charge in [-0.05, 0) is 24.3 Å². The Labute approximate surface area is 151 Å². The Morgan fingerprint density at radius 2 is 2.00 bits per heavy atom. The molecular formula is C17H14F3N5O2. The minimum atomic E-state index is -4.42. The van der Waals surface area contributed by atoms with Crippen LogP contribution in [0.25, 0.3) is 11.3 Å². The third-order valence-corrected chi connectivity index (χ3v) is 3.50. The number of aromatic nitrogens is 3. The van der Waals surface area contributed by atoms with E-state index in [1.807, 2.05) is 0 Å². The van der Waals surface area contributed by atoms with Crippen molar-refractivity contribution in [3.63, 3.8) is 0 Å². The fourth-order valence-corrected chi connectivity index (χ4v) is 2.15. The van der Waals surface area contributed by atoms with Gasteiger partial charge in [0.15, 0.2) is 11.5 Å². The van der Waals surface area contributed by atoms with Crippen LogP contribution >= 0.6 is 0 Å². The van der Waals surface area contributed by atoms with Crippen LogP contribution in [-0.4, -0.2) is 34.1 Å². The monoisotopic (exact) mass is 377 g/mol. The number of nitrogens with zero attached hydrogens (tertiary/aromatic N) is 3. The Kier molecular flexibility index (Phi) is 5.34. The van der Waals surface area contributed by atoms with Crippen LogP contribution in [-0.2, 0) is 6.18 Å². The van der Waals surface area contributed by atoms with Gasteiger partial charge in [-0.3, -0.25) is 9.78 Å². The van der Waals surface area contributed by atoms with Crippen molar-refractivity contribution in [2.24, 2.45) is 0 Å². The highest BCUT2D eigenvalue weighted by molar-refractivity contribution is 5.93. The maximum Gasteiger partial charge on any atom is 0.417 e. The summed E-state index contributed by atoms with van der Waals surface area (Å²) in [5.74, 6) is 0.258. The van der Waals surface area contributed by atoms with E-state index in [9.17, 15) is 18.0 Å². The topological polar surface area (TPSA) is 92.9 Å². The Morgan fingerprint density at radius 1 is 1.15 bits per heavy atom. The Balaban J connectivity index is 1.47. The van der Waals surface area contributed by atoms with E-state index >= 15 is 0 Å². The standard InChI is InChI=1S/C17H14F3N5O2/c18-17(19,20)12-3-4-15(24-10-12)22-6-7-23-16(26)13-8-14(27-25-13)11-2-1-5-21-9-11/h1-5,8-10H,6-7H2,(H,22,24)(H,23,26). The third kappa shape index (κ3) is 4.81. The van der Waals surface area contributed by atoms with Crippen molar-refractivity contribution in [2.75, 3.05) is 18.4 Å². The van der Waals surface area contributed by atoms with Crippen LogP contribution in [0.2, 0.25) is 0 Å². The van der Waals surface area contributed by atoms with Gasteiger partial charge in [-0.25, -0.2) is 4.98 Å². The van der Waals surface area contributed by atoms with E-state index < -0.39 is 17.6 Å². The van der Waals surface area contributed by atoms with Gasteiger partial charge in [0.1, 0.15) is 5.82 Å². The van der Waals surface area contributed by atoms with Crippen LogP contribution in [0.15, 0.2) is 53.4 Å². The first kappa shape index (κ1) is 18.4. The van der Waals surface area contributed by atoms with E-state index in [4.69, 9.17) is 4.52 Å². The zero-order valence-corrected chi connectivity index (χ0v) is 13.8. The largest absolute Gasteiger partial charge is 0.417 e. The van der Waals surface area contributed by atoms with Crippen molar-refractivity contribution in [3.8, 4) is 11.3 Å². The molecule has 0 saturated carbocycles. The van der Waals surface area contributed by atoms with Gasteiger partial charge in [-0.2, -0.15) is 13.2 Å². The number of nitrogens with one attached hydrogen (secondary N) is 2. The number of amides is 1. The molecule has 3 aromatic heterocycles. The zero-order chi connectivity index (χ0) is 19.3. The highest BCUT2D eigenvalue weighted by atomic mass is 19.4. The average molecular weight is 377 g/mol. The fraction of sp³-hybridized carbons (Fsp3) is 0.176. The van der Waals surface area contributed by atoms with Crippen LogP contribution in [0.4, 0.5) is 19.0 Å². The summed E-state index contributed by atoms with van der Waals surface area (Å²) < 4.78 is 42.5. The van der Waals surface area contributed by atoms with Crippen LogP contribution in [0.5, 0.6) is 0 Å². The van der Waals surface area contributed by atoms with E-state index in [0.29, 0.717) is 11.3 Å². The quantitative estimate of drug-likeness (QED) is 0.642. The molecule has 0 fully saturated rings. The normalized spacial score (nSPS) is 11.2. The van der Waals surface area contributed by atoms with Crippen LogP contribution in [0, 0.1) is 0 Å². The maximum absolute atomic E-state index is 12.5. The number of halogens is 3. The maximum atomic E-state index is 12.5. The second kappa shape index (κ2) is 7.85. The first-order valence-corrected chi connectivity index (χ1v) is 7.86. The lowest BCUT2D eigenvalue weighted by Crippen LogP contribution is -2.29. The molecule has 0 aliphatic rings. The first-order valence-electron chi connectivity index (χ1n) is 7.86. The number of anilines is 1. The lowest BCUT2D eigenvalue weighted by molar-refractivity contribution is -0.137. The summed E-state index contributed by atoms with van der Waals surface area (Å²) in [6, 6.07) is 7.16. The SMILES string of the molecule is O=C(NCCNc1ccc(C(F)(F)F)cn1)c1cc(-c2cccnc2)on1. The number of pyridine rings is 2. The number of rotatable bonds is 6. The summed E-state index contributed by atoms with van der Waals surface area (Å²) in [5, 5.41) is 9.15. The molecule has 140 valence electrons. The average Bonchev–Trinajstić information content (AvgIpc) is 3.16. The first-order chi connectivity index (χ1) is 12.9. The third-order valence-electron chi connectivity index (χ3n) is 3.50. The minimum Gasteiger partial charge on any atom is -0.368 e. The molecule has 0 saturated heterocycles. The van der Waals surface area contributed by atoms with Crippen molar-refractivity contribution in [2.45, 2.75) is 6.18 Å². The van der Waals surface area contributed by atoms with E-state index in [1.165, 1.54) is 12.1 Å². The molecule has 3 heterocycles. The molecule has 2 N–H and O–H groups in total. The Bertz CT molecular complexity index is 895. The van der Waals surface area contributed by atoms with E-state index in [0.717, 1.165) is 12.3 Å². The molecule has 0 bridgehead atoms. The van der Waals surface area contributed by atoms with E-state index in [2.05, 4.69) is 25.8 Å². The van der Waals surface area contributed by atoms with Gasteiger partial charge in [0.25, 0.3) is 5.91 Å². The van der Waals surface area contributed by atoms with Gasteiger partial charge in [-0.1, -0.05) is 5.16 Å². The van der Waals surface area contributed by atoms with Gasteiger partial charge in [-0.15, -0.1) is 0 Å². The number of alkyl halides is 3. The van der Waals surface area contributed by atoms with Crippen LogP contribution in [0.3, 0.4) is 0 Å². The molecule has 0 spiro atoms. The zero-order valence-electron chi connectivity index (χ0n) is 13.8. The molecule has 3 rings (SSSR count). The predicted octanol–water partition coefficient (Wildman–Crippen LogP) is 2.99. The summed E-state index contributed by atoms with van der Waals surface area (Å²) in [4.78, 5) is 19.7. The predicted molar refractivity (Wildman–Crippen MR) is 89.8 cm³/mol. The van der Waals surface area contributed by atoms with Gasteiger partial charge < -0.3 is 15.2 Å². The molecule has 3 aromatic rings. The Hall–Kier alpha value is -3.43. The highest BCUT2D eigenvalue weighted by Gasteiger charge is 2.30. The summed E-state index contributed by atoms with van der Waals surface area (Å²) in [7, 11) is 0. The van der Waals surface area contributed by atoms with E-state index in [1.54, 1.807) is 24.5 Å². The lowest BCUT2D eigenvalue weighted by atomic mass is 10.2. The van der Waals surface area contributed by atoms with E-state index in [-0.39, 0.29) is 24.6 Å². The summed E-state index contributed by atoms with van der Waals surface area (Å²) in [5.41, 5.74) is -0.0163. The summed E-state index contributed by atoms with van der Waals surface area (Å²) in [6.45, 7) is 0.494. The van der Waals surface area contributed by atoms with Crippen molar-refractivity contribution in [1.82, 2.24) is 20.4 Å². The second-order valence-electron chi connectivity index (χ2n) is 5.43. The number of hydrogen-bond donors (Lipinski definition) is 2. The lowest BCUT2D eigenvalue weighted by Gasteiger charge is -2.08. The highest BCUT2D eigenvalue weighted by Crippen LogP contribution is 2.28. The molecule has 0 aliphatic carbocycles. The number of carbonyl (C=O) groups excluding carboxylic acids is 1. The van der Waals surface area contributed by atoms with Gasteiger partial charge in [0.2, 0.25) is 0 Å². The molecular weight excluding hydrogens is 363 g/mol. The van der Waals surface area contributed by atoms with Crippen LogP contribution < -0.4 is 10.6 Å². The molecule has 0 unspecified atom stereocenters. The second-order valence-corrected chi connectivity index (χ2v) is 5.43. The summed E-state index contributed by atoms with van der Waals surface area (Å²) >= 11 is 0.